The molecule has 2 heterocycles. The van der Waals surface area contributed by atoms with Crippen LogP contribution in [0.5, 0.6) is 0 Å². The van der Waals surface area contributed by atoms with Gasteiger partial charge < -0.3 is 5.32 Å². The maximum Gasteiger partial charge on any atom is 0.223 e. The maximum absolute atomic E-state index is 4.30. The summed E-state index contributed by atoms with van der Waals surface area (Å²) in [5, 5.41) is 3.18. The third kappa shape index (κ3) is 2.73. The van der Waals surface area contributed by atoms with Gasteiger partial charge in [0.2, 0.25) is 5.95 Å². The van der Waals surface area contributed by atoms with Crippen molar-refractivity contribution in [1.82, 2.24) is 15.0 Å². The van der Waals surface area contributed by atoms with Gasteiger partial charge in [0, 0.05) is 22.5 Å². The van der Waals surface area contributed by atoms with E-state index >= 15 is 0 Å². The summed E-state index contributed by atoms with van der Waals surface area (Å²) in [6.07, 6.45) is 1.85. The average Bonchev–Trinajstić information content (AvgIpc) is 2.65. The van der Waals surface area contributed by atoms with E-state index in [1.165, 1.54) is 4.88 Å². The highest BCUT2D eigenvalue weighted by atomic mass is 32.1. The van der Waals surface area contributed by atoms with Crippen LogP contribution in [0.15, 0.2) is 17.8 Å². The summed E-state index contributed by atoms with van der Waals surface area (Å²) in [5.41, 5.74) is 3.78. The molecule has 0 unspecified atom stereocenters. The molecule has 0 amide bonds. The van der Waals surface area contributed by atoms with Crippen molar-refractivity contribution in [3.8, 4) is 0 Å². The van der Waals surface area contributed by atoms with Gasteiger partial charge in [-0.15, -0.1) is 11.3 Å². The van der Waals surface area contributed by atoms with E-state index < -0.39 is 0 Å². The van der Waals surface area contributed by atoms with Crippen LogP contribution in [0.4, 0.5) is 5.95 Å². The molecule has 4 nitrogen and oxygen atoms in total. The summed E-state index contributed by atoms with van der Waals surface area (Å²) >= 11 is 1.62. The molecule has 2 aromatic rings. The van der Waals surface area contributed by atoms with Crippen molar-refractivity contribution in [2.75, 3.05) is 5.32 Å². The normalized spacial score (nSPS) is 10.3. The fourth-order valence-corrected chi connectivity index (χ4v) is 1.83. The summed E-state index contributed by atoms with van der Waals surface area (Å²) < 4.78 is 0. The minimum atomic E-state index is 0.681. The highest BCUT2D eigenvalue weighted by Gasteiger charge is 1.99. The van der Waals surface area contributed by atoms with Crippen LogP contribution in [0.3, 0.4) is 0 Å². The van der Waals surface area contributed by atoms with Crippen molar-refractivity contribution in [2.24, 2.45) is 0 Å². The molecular formula is C10H12N4S. The predicted molar refractivity (Wildman–Crippen MR) is 60.9 cm³/mol. The van der Waals surface area contributed by atoms with Crippen LogP contribution in [-0.4, -0.2) is 15.0 Å². The van der Waals surface area contributed by atoms with E-state index in [0.717, 1.165) is 17.9 Å². The van der Waals surface area contributed by atoms with E-state index in [-0.39, 0.29) is 0 Å². The molecule has 0 aliphatic rings. The second-order valence-corrected chi connectivity index (χ2v) is 4.27. The molecule has 0 bridgehead atoms. The fraction of sp³-hybridized carbons (Fsp3) is 0.300. The molecule has 0 aliphatic heterocycles. The first-order valence-electron chi connectivity index (χ1n) is 4.67. The first kappa shape index (κ1) is 10.0. The van der Waals surface area contributed by atoms with Gasteiger partial charge in [-0.05, 0) is 19.9 Å². The second-order valence-electron chi connectivity index (χ2n) is 3.30. The quantitative estimate of drug-likeness (QED) is 0.861. The topological polar surface area (TPSA) is 50.7 Å². The Labute approximate surface area is 92.4 Å². The first-order valence-corrected chi connectivity index (χ1v) is 5.55. The van der Waals surface area contributed by atoms with E-state index in [9.17, 15) is 0 Å². The monoisotopic (exact) mass is 220 g/mol. The lowest BCUT2D eigenvalue weighted by Crippen LogP contribution is -2.04. The minimum absolute atomic E-state index is 0.681. The summed E-state index contributed by atoms with van der Waals surface area (Å²) in [4.78, 5) is 13.8. The molecule has 2 aromatic heterocycles. The number of hydrogen-bond donors (Lipinski definition) is 1. The summed E-state index contributed by atoms with van der Waals surface area (Å²) in [6, 6.07) is 1.96. The predicted octanol–water partition coefficient (Wildman–Crippen LogP) is 2.16. The number of anilines is 1. The molecule has 78 valence electrons. The SMILES string of the molecule is Cc1cc(C)nc(NCc2cncs2)n1. The molecule has 0 spiro atoms. The second kappa shape index (κ2) is 4.35. The van der Waals surface area contributed by atoms with Crippen molar-refractivity contribution >= 4 is 17.3 Å². The van der Waals surface area contributed by atoms with Crippen LogP contribution in [0.1, 0.15) is 16.3 Å². The van der Waals surface area contributed by atoms with Crippen molar-refractivity contribution < 1.29 is 0 Å². The molecule has 2 rings (SSSR count). The zero-order valence-electron chi connectivity index (χ0n) is 8.69. The van der Waals surface area contributed by atoms with Gasteiger partial charge in [-0.2, -0.15) is 0 Å². The number of hydrogen-bond acceptors (Lipinski definition) is 5. The van der Waals surface area contributed by atoms with Gasteiger partial charge in [0.25, 0.3) is 0 Å². The highest BCUT2D eigenvalue weighted by Crippen LogP contribution is 2.09. The summed E-state index contributed by atoms with van der Waals surface area (Å²) in [6.45, 7) is 4.66. The fourth-order valence-electron chi connectivity index (χ4n) is 1.30. The lowest BCUT2D eigenvalue weighted by molar-refractivity contribution is 1.01. The van der Waals surface area contributed by atoms with Gasteiger partial charge in [-0.1, -0.05) is 0 Å². The van der Waals surface area contributed by atoms with Crippen molar-refractivity contribution in [3.05, 3.63) is 34.0 Å². The smallest absolute Gasteiger partial charge is 0.223 e. The molecular weight excluding hydrogens is 208 g/mol. The zero-order chi connectivity index (χ0) is 10.7. The van der Waals surface area contributed by atoms with Gasteiger partial charge in [-0.3, -0.25) is 4.98 Å². The van der Waals surface area contributed by atoms with Crippen LogP contribution < -0.4 is 5.32 Å². The lowest BCUT2D eigenvalue weighted by atomic mass is 10.4. The van der Waals surface area contributed by atoms with Crippen molar-refractivity contribution in [3.63, 3.8) is 0 Å². The van der Waals surface area contributed by atoms with E-state index in [1.54, 1.807) is 11.3 Å². The van der Waals surface area contributed by atoms with Crippen LogP contribution in [-0.2, 0) is 6.54 Å². The zero-order valence-corrected chi connectivity index (χ0v) is 9.51. The van der Waals surface area contributed by atoms with Gasteiger partial charge in [-0.25, -0.2) is 9.97 Å². The Morgan fingerprint density at radius 2 is 2.00 bits per heavy atom. The van der Waals surface area contributed by atoms with Crippen LogP contribution in [0.2, 0.25) is 0 Å². The Balaban J connectivity index is 2.05. The van der Waals surface area contributed by atoms with Crippen LogP contribution in [0, 0.1) is 13.8 Å². The summed E-state index contributed by atoms with van der Waals surface area (Å²) in [5.74, 6) is 0.681. The van der Waals surface area contributed by atoms with Crippen LogP contribution >= 0.6 is 11.3 Å². The Hall–Kier alpha value is -1.49. The Morgan fingerprint density at radius 1 is 1.27 bits per heavy atom. The number of rotatable bonds is 3. The lowest BCUT2D eigenvalue weighted by Gasteiger charge is -2.04. The third-order valence-electron chi connectivity index (χ3n) is 1.89. The number of nitrogens with zero attached hydrogens (tertiary/aromatic N) is 3. The van der Waals surface area contributed by atoms with Crippen LogP contribution in [0.25, 0.3) is 0 Å². The standard InChI is InChI=1S/C10H12N4S/c1-7-3-8(2)14-10(13-7)12-5-9-4-11-6-15-9/h3-4,6H,5H2,1-2H3,(H,12,13,14). The molecule has 15 heavy (non-hydrogen) atoms. The van der Waals surface area contributed by atoms with Gasteiger partial charge >= 0.3 is 0 Å². The van der Waals surface area contributed by atoms with E-state index in [0.29, 0.717) is 5.95 Å². The van der Waals surface area contributed by atoms with Gasteiger partial charge in [0.1, 0.15) is 0 Å². The Morgan fingerprint density at radius 3 is 2.60 bits per heavy atom. The molecule has 1 N–H and O–H groups in total. The molecule has 0 aromatic carbocycles. The Kier molecular flexibility index (Phi) is 2.91. The number of nitrogens with one attached hydrogen (secondary N) is 1. The molecule has 0 fully saturated rings. The largest absolute Gasteiger partial charge is 0.349 e. The Bertz CT molecular complexity index is 418. The molecule has 0 saturated carbocycles. The highest BCUT2D eigenvalue weighted by molar-refractivity contribution is 7.09. The first-order chi connectivity index (χ1) is 7.24. The van der Waals surface area contributed by atoms with Gasteiger partial charge in [0.05, 0.1) is 12.1 Å². The van der Waals surface area contributed by atoms with Gasteiger partial charge in [0.15, 0.2) is 0 Å². The minimum Gasteiger partial charge on any atom is -0.349 e. The van der Waals surface area contributed by atoms with E-state index in [4.69, 9.17) is 0 Å². The van der Waals surface area contributed by atoms with E-state index in [2.05, 4.69) is 20.3 Å². The van der Waals surface area contributed by atoms with Crippen molar-refractivity contribution in [2.45, 2.75) is 20.4 Å². The molecule has 0 saturated heterocycles. The van der Waals surface area contributed by atoms with E-state index in [1.807, 2.05) is 31.6 Å². The maximum atomic E-state index is 4.30. The van der Waals surface area contributed by atoms with Crippen molar-refractivity contribution in [1.29, 1.82) is 0 Å². The summed E-state index contributed by atoms with van der Waals surface area (Å²) in [7, 11) is 0. The number of aryl methyl sites for hydroxylation is 2. The molecule has 5 heteroatoms. The number of aromatic nitrogens is 3. The molecule has 0 aliphatic carbocycles. The average molecular weight is 220 g/mol. The molecule has 0 radical (unpaired) electrons. The third-order valence-corrected chi connectivity index (χ3v) is 2.67. The molecule has 0 atom stereocenters. The number of thiazole rings is 1.